The summed E-state index contributed by atoms with van der Waals surface area (Å²) in [5, 5.41) is 0. The lowest BCUT2D eigenvalue weighted by molar-refractivity contribution is 0.190. The van der Waals surface area contributed by atoms with Gasteiger partial charge in [0.2, 0.25) is 0 Å². The lowest BCUT2D eigenvalue weighted by Gasteiger charge is -2.11. The van der Waals surface area contributed by atoms with E-state index in [1.54, 1.807) is 7.11 Å². The zero-order chi connectivity index (χ0) is 10.1. The SMILES string of the molecule is COCCCC(N)CCCC(C)C. The topological polar surface area (TPSA) is 35.2 Å². The van der Waals surface area contributed by atoms with Gasteiger partial charge in [0.15, 0.2) is 0 Å². The van der Waals surface area contributed by atoms with Crippen LogP contribution in [0.1, 0.15) is 46.0 Å². The lowest BCUT2D eigenvalue weighted by Crippen LogP contribution is -2.20. The predicted octanol–water partition coefficient (Wildman–Crippen LogP) is 2.57. The molecule has 2 nitrogen and oxygen atoms in total. The van der Waals surface area contributed by atoms with Crippen LogP contribution in [0.15, 0.2) is 0 Å². The highest BCUT2D eigenvalue weighted by Crippen LogP contribution is 2.09. The van der Waals surface area contributed by atoms with E-state index < -0.39 is 0 Å². The normalized spacial score (nSPS) is 13.6. The molecule has 0 aliphatic carbocycles. The molecule has 1 unspecified atom stereocenters. The summed E-state index contributed by atoms with van der Waals surface area (Å²) < 4.78 is 4.98. The minimum Gasteiger partial charge on any atom is -0.385 e. The van der Waals surface area contributed by atoms with Crippen molar-refractivity contribution in [3.63, 3.8) is 0 Å². The van der Waals surface area contributed by atoms with E-state index in [-0.39, 0.29) is 0 Å². The Morgan fingerprint density at radius 2 is 1.69 bits per heavy atom. The third kappa shape index (κ3) is 9.84. The van der Waals surface area contributed by atoms with Crippen molar-refractivity contribution in [1.29, 1.82) is 0 Å². The molecule has 0 aliphatic heterocycles. The summed E-state index contributed by atoms with van der Waals surface area (Å²) in [4.78, 5) is 0. The molecule has 0 aromatic carbocycles. The van der Waals surface area contributed by atoms with Gasteiger partial charge in [-0.2, -0.15) is 0 Å². The van der Waals surface area contributed by atoms with E-state index in [0.717, 1.165) is 25.4 Å². The molecule has 1 atom stereocenters. The van der Waals surface area contributed by atoms with Crippen LogP contribution < -0.4 is 5.73 Å². The second-order valence-electron chi connectivity index (χ2n) is 4.22. The van der Waals surface area contributed by atoms with E-state index >= 15 is 0 Å². The van der Waals surface area contributed by atoms with Gasteiger partial charge in [-0.25, -0.2) is 0 Å². The molecule has 0 saturated heterocycles. The Hall–Kier alpha value is -0.0800. The van der Waals surface area contributed by atoms with Crippen LogP contribution in [0, 0.1) is 5.92 Å². The van der Waals surface area contributed by atoms with Crippen molar-refractivity contribution in [3.8, 4) is 0 Å². The van der Waals surface area contributed by atoms with Crippen LogP contribution in [0.5, 0.6) is 0 Å². The van der Waals surface area contributed by atoms with Gasteiger partial charge in [-0.3, -0.25) is 0 Å². The van der Waals surface area contributed by atoms with Crippen molar-refractivity contribution in [2.75, 3.05) is 13.7 Å². The molecular weight excluding hydrogens is 162 g/mol. The third-order valence-corrected chi connectivity index (χ3v) is 2.28. The minimum absolute atomic E-state index is 0.383. The first-order valence-corrected chi connectivity index (χ1v) is 5.41. The summed E-state index contributed by atoms with van der Waals surface area (Å²) in [6.07, 6.45) is 5.94. The fraction of sp³-hybridized carbons (Fsp3) is 1.00. The van der Waals surface area contributed by atoms with E-state index in [0.29, 0.717) is 6.04 Å². The maximum absolute atomic E-state index is 5.95. The quantitative estimate of drug-likeness (QED) is 0.593. The Kier molecular flexibility index (Phi) is 8.46. The number of nitrogens with two attached hydrogens (primary N) is 1. The van der Waals surface area contributed by atoms with Crippen molar-refractivity contribution in [1.82, 2.24) is 0 Å². The second-order valence-corrected chi connectivity index (χ2v) is 4.22. The molecule has 13 heavy (non-hydrogen) atoms. The van der Waals surface area contributed by atoms with Gasteiger partial charge in [-0.1, -0.05) is 26.7 Å². The third-order valence-electron chi connectivity index (χ3n) is 2.28. The zero-order valence-electron chi connectivity index (χ0n) is 9.38. The smallest absolute Gasteiger partial charge is 0.0462 e. The molecule has 0 radical (unpaired) electrons. The molecule has 0 bridgehead atoms. The summed E-state index contributed by atoms with van der Waals surface area (Å²) in [7, 11) is 1.74. The summed E-state index contributed by atoms with van der Waals surface area (Å²) in [5.41, 5.74) is 5.95. The van der Waals surface area contributed by atoms with Crippen molar-refractivity contribution >= 4 is 0 Å². The summed E-state index contributed by atoms with van der Waals surface area (Å²) in [5.74, 6) is 0.811. The lowest BCUT2D eigenvalue weighted by atomic mass is 10.0. The number of methoxy groups -OCH3 is 1. The fourth-order valence-corrected chi connectivity index (χ4v) is 1.42. The molecule has 0 aromatic heterocycles. The molecule has 0 heterocycles. The maximum atomic E-state index is 5.95. The van der Waals surface area contributed by atoms with Crippen LogP contribution in [0.2, 0.25) is 0 Å². The molecule has 2 heteroatoms. The molecule has 0 rings (SSSR count). The fourth-order valence-electron chi connectivity index (χ4n) is 1.42. The van der Waals surface area contributed by atoms with Crippen molar-refractivity contribution < 1.29 is 4.74 Å². The second kappa shape index (κ2) is 8.52. The van der Waals surface area contributed by atoms with Gasteiger partial charge in [0.05, 0.1) is 0 Å². The average molecular weight is 187 g/mol. The Morgan fingerprint density at radius 1 is 1.08 bits per heavy atom. The van der Waals surface area contributed by atoms with Gasteiger partial charge >= 0.3 is 0 Å². The highest BCUT2D eigenvalue weighted by Gasteiger charge is 2.02. The first-order valence-electron chi connectivity index (χ1n) is 5.41. The van der Waals surface area contributed by atoms with Crippen LogP contribution >= 0.6 is 0 Å². The molecule has 0 amide bonds. The predicted molar refractivity (Wildman–Crippen MR) is 57.8 cm³/mol. The van der Waals surface area contributed by atoms with Crippen LogP contribution in [0.3, 0.4) is 0 Å². The summed E-state index contributed by atoms with van der Waals surface area (Å²) in [6, 6.07) is 0.383. The molecule has 0 aromatic rings. The van der Waals surface area contributed by atoms with Crippen molar-refractivity contribution in [2.24, 2.45) is 11.7 Å². The Labute approximate surface area is 82.8 Å². The maximum Gasteiger partial charge on any atom is 0.0462 e. The van der Waals surface area contributed by atoms with Crippen molar-refractivity contribution in [2.45, 2.75) is 52.0 Å². The Morgan fingerprint density at radius 3 is 2.23 bits per heavy atom. The monoisotopic (exact) mass is 187 g/mol. The highest BCUT2D eigenvalue weighted by atomic mass is 16.5. The van der Waals surface area contributed by atoms with E-state index in [1.165, 1.54) is 19.3 Å². The van der Waals surface area contributed by atoms with E-state index in [1.807, 2.05) is 0 Å². The summed E-state index contributed by atoms with van der Waals surface area (Å²) in [6.45, 7) is 5.37. The zero-order valence-corrected chi connectivity index (χ0v) is 9.38. The molecule has 0 spiro atoms. The summed E-state index contributed by atoms with van der Waals surface area (Å²) >= 11 is 0. The van der Waals surface area contributed by atoms with Crippen LogP contribution in [0.4, 0.5) is 0 Å². The number of hydrogen-bond donors (Lipinski definition) is 1. The van der Waals surface area contributed by atoms with Gasteiger partial charge in [0, 0.05) is 19.8 Å². The first kappa shape index (κ1) is 12.9. The molecule has 0 saturated carbocycles. The van der Waals surface area contributed by atoms with Gasteiger partial charge < -0.3 is 10.5 Å². The van der Waals surface area contributed by atoms with E-state index in [2.05, 4.69) is 13.8 Å². The molecule has 0 fully saturated rings. The molecule has 2 N–H and O–H groups in total. The number of hydrogen-bond acceptors (Lipinski definition) is 2. The number of ether oxygens (including phenoxy) is 1. The average Bonchev–Trinajstić information content (AvgIpc) is 2.04. The highest BCUT2D eigenvalue weighted by molar-refractivity contribution is 4.61. The van der Waals surface area contributed by atoms with E-state index in [9.17, 15) is 0 Å². The van der Waals surface area contributed by atoms with Crippen molar-refractivity contribution in [3.05, 3.63) is 0 Å². The largest absolute Gasteiger partial charge is 0.385 e. The van der Waals surface area contributed by atoms with Crippen LogP contribution in [0.25, 0.3) is 0 Å². The minimum atomic E-state index is 0.383. The first-order chi connectivity index (χ1) is 6.16. The standard InChI is InChI=1S/C11H25NO/c1-10(2)6-4-7-11(12)8-5-9-13-3/h10-11H,4-9,12H2,1-3H3. The van der Waals surface area contributed by atoms with Gasteiger partial charge in [0.1, 0.15) is 0 Å². The molecular formula is C11H25NO. The van der Waals surface area contributed by atoms with Crippen LogP contribution in [-0.4, -0.2) is 19.8 Å². The number of rotatable bonds is 8. The Bertz CT molecular complexity index is 104. The molecule has 80 valence electrons. The molecule has 0 aliphatic rings. The van der Waals surface area contributed by atoms with E-state index in [4.69, 9.17) is 10.5 Å². The van der Waals surface area contributed by atoms with Gasteiger partial charge in [0.25, 0.3) is 0 Å². The van der Waals surface area contributed by atoms with Gasteiger partial charge in [-0.15, -0.1) is 0 Å². The Balaban J connectivity index is 3.15. The van der Waals surface area contributed by atoms with Crippen LogP contribution in [-0.2, 0) is 4.74 Å². The van der Waals surface area contributed by atoms with Gasteiger partial charge in [-0.05, 0) is 25.2 Å².